The van der Waals surface area contributed by atoms with Gasteiger partial charge in [-0.15, -0.1) is 0 Å². The molecule has 0 saturated heterocycles. The van der Waals surface area contributed by atoms with E-state index in [2.05, 4.69) is 10.0 Å². The first-order valence-corrected chi connectivity index (χ1v) is 11.6. The van der Waals surface area contributed by atoms with Gasteiger partial charge in [-0.3, -0.25) is 9.52 Å². The van der Waals surface area contributed by atoms with Crippen LogP contribution in [0.3, 0.4) is 0 Å². The van der Waals surface area contributed by atoms with Gasteiger partial charge in [0.15, 0.2) is 0 Å². The van der Waals surface area contributed by atoms with Crippen LogP contribution in [-0.2, 0) is 14.8 Å². The topological polar surface area (TPSA) is 111 Å². The van der Waals surface area contributed by atoms with Gasteiger partial charge in [0.1, 0.15) is 5.75 Å². The van der Waals surface area contributed by atoms with Crippen molar-refractivity contribution in [1.82, 2.24) is 0 Å². The van der Waals surface area contributed by atoms with Gasteiger partial charge in [-0.1, -0.05) is 17.7 Å². The molecule has 3 rings (SSSR count). The molecule has 0 spiro atoms. The lowest BCUT2D eigenvalue weighted by Crippen LogP contribution is -2.16. The minimum Gasteiger partial charge on any atom is -0.495 e. The number of methoxy groups -OCH3 is 1. The predicted octanol–water partition coefficient (Wildman–Crippen LogP) is 4.58. The van der Waals surface area contributed by atoms with Crippen LogP contribution in [0.5, 0.6) is 5.75 Å². The Balaban J connectivity index is 1.83. The second-order valence-electron chi connectivity index (χ2n) is 6.73. The summed E-state index contributed by atoms with van der Waals surface area (Å²) >= 11 is 5.94. The van der Waals surface area contributed by atoms with Crippen molar-refractivity contribution < 1.29 is 27.5 Å². The Morgan fingerprint density at radius 1 is 0.970 bits per heavy atom. The first kappa shape index (κ1) is 24.1. The van der Waals surface area contributed by atoms with Crippen LogP contribution < -0.4 is 14.8 Å². The van der Waals surface area contributed by atoms with Gasteiger partial charge in [0.25, 0.3) is 15.9 Å². The van der Waals surface area contributed by atoms with Gasteiger partial charge in [-0.25, -0.2) is 13.2 Å². The normalized spacial score (nSPS) is 10.9. The van der Waals surface area contributed by atoms with E-state index in [1.165, 1.54) is 55.6 Å². The summed E-state index contributed by atoms with van der Waals surface area (Å²) in [6.07, 6.45) is 0. The minimum absolute atomic E-state index is 0.0980. The number of anilines is 2. The zero-order valence-electron chi connectivity index (χ0n) is 17.8. The molecule has 3 aromatic carbocycles. The lowest BCUT2D eigenvalue weighted by molar-refractivity contribution is 0.0526. The number of rotatable bonds is 8. The number of halogens is 1. The van der Waals surface area contributed by atoms with E-state index in [0.29, 0.717) is 16.1 Å². The Hall–Kier alpha value is -3.56. The lowest BCUT2D eigenvalue weighted by atomic mass is 10.2. The summed E-state index contributed by atoms with van der Waals surface area (Å²) in [5.41, 5.74) is 1.03. The number of benzene rings is 3. The zero-order chi connectivity index (χ0) is 24.0. The van der Waals surface area contributed by atoms with Gasteiger partial charge in [0.2, 0.25) is 0 Å². The molecule has 172 valence electrons. The van der Waals surface area contributed by atoms with E-state index in [1.807, 2.05) is 0 Å². The van der Waals surface area contributed by atoms with Crippen LogP contribution in [0.25, 0.3) is 0 Å². The summed E-state index contributed by atoms with van der Waals surface area (Å²) in [5, 5.41) is 3.04. The first-order chi connectivity index (χ1) is 15.7. The van der Waals surface area contributed by atoms with Crippen LogP contribution in [0.15, 0.2) is 71.6 Å². The summed E-state index contributed by atoms with van der Waals surface area (Å²) in [7, 11) is -2.60. The Labute approximate surface area is 196 Å². The molecule has 8 nitrogen and oxygen atoms in total. The Morgan fingerprint density at radius 3 is 2.33 bits per heavy atom. The SMILES string of the molecule is CCOC(=O)c1ccc(NS(=O)(=O)c2ccc(OC)c(NC(=O)c3cccc(Cl)c3)c2)cc1. The first-order valence-electron chi connectivity index (χ1n) is 9.78. The van der Waals surface area contributed by atoms with Crippen molar-refractivity contribution >= 4 is 44.9 Å². The number of carbonyl (C=O) groups excluding carboxylic acids is 2. The Morgan fingerprint density at radius 2 is 1.70 bits per heavy atom. The summed E-state index contributed by atoms with van der Waals surface area (Å²) in [4.78, 5) is 24.2. The molecule has 0 heterocycles. The van der Waals surface area contributed by atoms with E-state index in [0.717, 1.165) is 0 Å². The summed E-state index contributed by atoms with van der Waals surface area (Å²) in [6, 6.07) is 16.2. The average molecular weight is 489 g/mol. The second kappa shape index (κ2) is 10.4. The summed E-state index contributed by atoms with van der Waals surface area (Å²) in [6.45, 7) is 1.93. The van der Waals surface area contributed by atoms with Crippen molar-refractivity contribution in [3.05, 3.63) is 82.9 Å². The number of amides is 1. The average Bonchev–Trinajstić information content (AvgIpc) is 2.79. The van der Waals surface area contributed by atoms with Crippen LogP contribution in [0, 0.1) is 0 Å². The fraction of sp³-hybridized carbons (Fsp3) is 0.130. The zero-order valence-corrected chi connectivity index (χ0v) is 19.4. The highest BCUT2D eigenvalue weighted by atomic mass is 35.5. The largest absolute Gasteiger partial charge is 0.495 e. The van der Waals surface area contributed by atoms with Crippen molar-refractivity contribution in [2.24, 2.45) is 0 Å². The number of sulfonamides is 1. The highest BCUT2D eigenvalue weighted by Crippen LogP contribution is 2.29. The molecule has 2 N–H and O–H groups in total. The molecule has 0 atom stereocenters. The molecule has 0 radical (unpaired) electrons. The Kier molecular flexibility index (Phi) is 7.57. The van der Waals surface area contributed by atoms with Crippen molar-refractivity contribution in [3.63, 3.8) is 0 Å². The maximum Gasteiger partial charge on any atom is 0.338 e. The van der Waals surface area contributed by atoms with Crippen LogP contribution >= 0.6 is 11.6 Å². The lowest BCUT2D eigenvalue weighted by Gasteiger charge is -2.14. The standard InChI is InChI=1S/C23H21ClN2O6S/c1-3-32-23(28)15-7-9-18(10-8-15)26-33(29,30)19-11-12-21(31-2)20(14-19)25-22(27)16-5-4-6-17(24)13-16/h4-14,26H,3H2,1-2H3,(H,25,27). The quantitative estimate of drug-likeness (QED) is 0.449. The molecule has 33 heavy (non-hydrogen) atoms. The van der Waals surface area contributed by atoms with Crippen LogP contribution in [0.2, 0.25) is 5.02 Å². The van der Waals surface area contributed by atoms with Crippen molar-refractivity contribution in [3.8, 4) is 5.75 Å². The molecule has 0 fully saturated rings. The smallest absolute Gasteiger partial charge is 0.338 e. The number of hydrogen-bond acceptors (Lipinski definition) is 6. The van der Waals surface area contributed by atoms with Gasteiger partial charge < -0.3 is 14.8 Å². The molecule has 0 aromatic heterocycles. The second-order valence-corrected chi connectivity index (χ2v) is 8.85. The highest BCUT2D eigenvalue weighted by Gasteiger charge is 2.19. The number of carbonyl (C=O) groups is 2. The molecular weight excluding hydrogens is 468 g/mol. The molecule has 0 unspecified atom stereocenters. The van der Waals surface area contributed by atoms with Gasteiger partial charge >= 0.3 is 5.97 Å². The monoisotopic (exact) mass is 488 g/mol. The molecule has 0 aliphatic carbocycles. The molecule has 0 aliphatic rings. The maximum absolute atomic E-state index is 12.9. The fourth-order valence-corrected chi connectivity index (χ4v) is 4.15. The molecule has 0 aliphatic heterocycles. The number of nitrogens with one attached hydrogen (secondary N) is 2. The number of esters is 1. The van der Waals surface area contributed by atoms with Crippen molar-refractivity contribution in [2.75, 3.05) is 23.8 Å². The summed E-state index contributed by atoms with van der Waals surface area (Å²) in [5.74, 6) is -0.696. The van der Waals surface area contributed by atoms with Crippen molar-refractivity contribution in [1.29, 1.82) is 0 Å². The van der Waals surface area contributed by atoms with Gasteiger partial charge in [-0.2, -0.15) is 0 Å². The minimum atomic E-state index is -4.01. The third-order valence-electron chi connectivity index (χ3n) is 4.46. The number of ether oxygens (including phenoxy) is 2. The van der Waals surface area contributed by atoms with E-state index in [4.69, 9.17) is 21.1 Å². The predicted molar refractivity (Wildman–Crippen MR) is 126 cm³/mol. The van der Waals surface area contributed by atoms with E-state index in [9.17, 15) is 18.0 Å². The maximum atomic E-state index is 12.9. The third kappa shape index (κ3) is 6.03. The van der Waals surface area contributed by atoms with Crippen LogP contribution in [0.4, 0.5) is 11.4 Å². The third-order valence-corrected chi connectivity index (χ3v) is 6.08. The fourth-order valence-electron chi connectivity index (χ4n) is 2.88. The highest BCUT2D eigenvalue weighted by molar-refractivity contribution is 7.92. The van der Waals surface area contributed by atoms with Gasteiger partial charge in [0.05, 0.1) is 29.9 Å². The molecule has 10 heteroatoms. The summed E-state index contributed by atoms with van der Waals surface area (Å²) < 4.78 is 38.4. The molecule has 0 saturated carbocycles. The molecule has 1 amide bonds. The van der Waals surface area contributed by atoms with E-state index in [1.54, 1.807) is 25.1 Å². The van der Waals surface area contributed by atoms with Crippen LogP contribution in [-0.4, -0.2) is 34.0 Å². The van der Waals surface area contributed by atoms with Gasteiger partial charge in [0, 0.05) is 16.3 Å². The molecular formula is C23H21ClN2O6S. The van der Waals surface area contributed by atoms with Crippen molar-refractivity contribution in [2.45, 2.75) is 11.8 Å². The molecule has 3 aromatic rings. The molecule has 0 bridgehead atoms. The van der Waals surface area contributed by atoms with E-state index in [-0.39, 0.29) is 28.6 Å². The van der Waals surface area contributed by atoms with Gasteiger partial charge in [-0.05, 0) is 67.6 Å². The number of hydrogen-bond donors (Lipinski definition) is 2. The Bertz CT molecular complexity index is 1280. The van der Waals surface area contributed by atoms with E-state index < -0.39 is 21.9 Å². The van der Waals surface area contributed by atoms with Crippen LogP contribution in [0.1, 0.15) is 27.6 Å². The van der Waals surface area contributed by atoms with E-state index >= 15 is 0 Å².